The molecule has 1 atom stereocenters. The molecular weight excluding hydrogens is 343 g/mol. The fourth-order valence-corrected chi connectivity index (χ4v) is 1.83. The molecule has 2 N–H and O–H groups in total. The number of esters is 1. The lowest BCUT2D eigenvalue weighted by molar-refractivity contribution is -0.174. The lowest BCUT2D eigenvalue weighted by Gasteiger charge is -2.21. The van der Waals surface area contributed by atoms with Crippen molar-refractivity contribution in [3.63, 3.8) is 0 Å². The third-order valence-corrected chi connectivity index (χ3v) is 2.82. The fourth-order valence-electron chi connectivity index (χ4n) is 1.26. The summed E-state index contributed by atoms with van der Waals surface area (Å²) in [6, 6.07) is 4.63. The van der Waals surface area contributed by atoms with Gasteiger partial charge >= 0.3 is 11.9 Å². The van der Waals surface area contributed by atoms with Gasteiger partial charge in [-0.25, -0.2) is 4.79 Å². The van der Waals surface area contributed by atoms with Crippen molar-refractivity contribution in [2.45, 2.75) is 18.9 Å². The van der Waals surface area contributed by atoms with Crippen molar-refractivity contribution in [1.29, 1.82) is 0 Å². The number of benzene rings is 1. The van der Waals surface area contributed by atoms with Crippen LogP contribution in [-0.4, -0.2) is 18.5 Å². The van der Waals surface area contributed by atoms with Crippen LogP contribution in [0.3, 0.4) is 0 Å². The van der Waals surface area contributed by atoms with Gasteiger partial charge in [-0.15, -0.1) is 0 Å². The van der Waals surface area contributed by atoms with Crippen LogP contribution >= 0.6 is 22.6 Å². The predicted octanol–water partition coefficient (Wildman–Crippen LogP) is 2.49. The number of halogens is 3. The van der Waals surface area contributed by atoms with Crippen molar-refractivity contribution in [1.82, 2.24) is 0 Å². The van der Waals surface area contributed by atoms with Gasteiger partial charge in [-0.1, -0.05) is 12.1 Å². The summed E-state index contributed by atoms with van der Waals surface area (Å²) in [6.45, 7) is 1.36. The topological polar surface area (TPSA) is 52.3 Å². The zero-order valence-electron chi connectivity index (χ0n) is 9.12. The SMILES string of the molecule is CCOC(=O)C(F)(F)[C@H](N)c1cccc(I)c1. The van der Waals surface area contributed by atoms with Gasteiger partial charge < -0.3 is 10.5 Å². The second-order valence-corrected chi connectivity index (χ2v) is 4.62. The molecule has 0 saturated carbocycles. The van der Waals surface area contributed by atoms with Gasteiger partial charge in [-0.05, 0) is 47.2 Å². The van der Waals surface area contributed by atoms with E-state index in [9.17, 15) is 13.6 Å². The van der Waals surface area contributed by atoms with Gasteiger partial charge in [0.25, 0.3) is 0 Å². The minimum atomic E-state index is -3.72. The van der Waals surface area contributed by atoms with Crippen LogP contribution in [0.15, 0.2) is 24.3 Å². The molecule has 0 saturated heterocycles. The molecule has 1 rings (SSSR count). The molecule has 0 bridgehead atoms. The highest BCUT2D eigenvalue weighted by atomic mass is 127. The van der Waals surface area contributed by atoms with Gasteiger partial charge in [0.1, 0.15) is 6.04 Å². The van der Waals surface area contributed by atoms with Gasteiger partial charge in [-0.3, -0.25) is 0 Å². The molecule has 6 heteroatoms. The van der Waals surface area contributed by atoms with Crippen LogP contribution in [0.2, 0.25) is 0 Å². The first kappa shape index (κ1) is 14.3. The molecule has 17 heavy (non-hydrogen) atoms. The Labute approximate surface area is 111 Å². The van der Waals surface area contributed by atoms with Crippen molar-refractivity contribution < 1.29 is 18.3 Å². The Bertz CT molecular complexity index is 412. The molecule has 0 aliphatic rings. The first-order valence-electron chi connectivity index (χ1n) is 4.95. The molecule has 0 radical (unpaired) electrons. The van der Waals surface area contributed by atoms with E-state index in [1.807, 2.05) is 22.6 Å². The Balaban J connectivity index is 2.95. The molecule has 0 fully saturated rings. The molecular formula is C11H12F2INO2. The van der Waals surface area contributed by atoms with E-state index in [0.29, 0.717) is 0 Å². The Morgan fingerprint density at radius 3 is 2.76 bits per heavy atom. The summed E-state index contributed by atoms with van der Waals surface area (Å²) in [4.78, 5) is 11.1. The molecule has 0 spiro atoms. The minimum Gasteiger partial charge on any atom is -0.462 e. The molecule has 1 aromatic rings. The summed E-state index contributed by atoms with van der Waals surface area (Å²) in [5, 5.41) is 0. The molecule has 0 aromatic heterocycles. The summed E-state index contributed by atoms with van der Waals surface area (Å²) in [7, 11) is 0. The van der Waals surface area contributed by atoms with E-state index in [1.165, 1.54) is 19.1 Å². The third-order valence-electron chi connectivity index (χ3n) is 2.15. The minimum absolute atomic E-state index is 0.104. The van der Waals surface area contributed by atoms with Crippen LogP contribution < -0.4 is 5.73 Å². The third kappa shape index (κ3) is 3.35. The maximum Gasteiger partial charge on any atom is 0.379 e. The quantitative estimate of drug-likeness (QED) is 0.667. The number of nitrogens with two attached hydrogens (primary N) is 1. The van der Waals surface area contributed by atoms with Gasteiger partial charge in [0.15, 0.2) is 0 Å². The van der Waals surface area contributed by atoms with Crippen LogP contribution in [0.4, 0.5) is 8.78 Å². The highest BCUT2D eigenvalue weighted by Gasteiger charge is 2.47. The van der Waals surface area contributed by atoms with Gasteiger partial charge in [-0.2, -0.15) is 8.78 Å². The maximum absolute atomic E-state index is 13.6. The van der Waals surface area contributed by atoms with E-state index in [-0.39, 0.29) is 12.2 Å². The Kier molecular flexibility index (Phi) is 4.81. The lowest BCUT2D eigenvalue weighted by atomic mass is 10.0. The van der Waals surface area contributed by atoms with Gasteiger partial charge in [0.2, 0.25) is 0 Å². The average molecular weight is 355 g/mol. The zero-order valence-corrected chi connectivity index (χ0v) is 11.3. The lowest BCUT2D eigenvalue weighted by Crippen LogP contribution is -2.41. The number of carbonyl (C=O) groups is 1. The predicted molar refractivity (Wildman–Crippen MR) is 67.7 cm³/mol. The Morgan fingerprint density at radius 2 is 2.24 bits per heavy atom. The fraction of sp³-hybridized carbons (Fsp3) is 0.364. The van der Waals surface area contributed by atoms with Crippen LogP contribution in [-0.2, 0) is 9.53 Å². The molecule has 1 aromatic carbocycles. The molecule has 0 amide bonds. The van der Waals surface area contributed by atoms with E-state index in [2.05, 4.69) is 4.74 Å². The summed E-state index contributed by atoms with van der Waals surface area (Å²) in [6.07, 6.45) is 0. The highest BCUT2D eigenvalue weighted by molar-refractivity contribution is 14.1. The van der Waals surface area contributed by atoms with Crippen molar-refractivity contribution in [3.8, 4) is 0 Å². The number of hydrogen-bond donors (Lipinski definition) is 1. The van der Waals surface area contributed by atoms with E-state index in [0.717, 1.165) is 3.57 Å². The van der Waals surface area contributed by atoms with Crippen LogP contribution in [0.1, 0.15) is 18.5 Å². The normalized spacial score (nSPS) is 13.2. The smallest absolute Gasteiger partial charge is 0.379 e. The molecule has 0 aliphatic heterocycles. The second-order valence-electron chi connectivity index (χ2n) is 3.38. The molecule has 0 heterocycles. The van der Waals surface area contributed by atoms with Crippen LogP contribution in [0, 0.1) is 3.57 Å². The first-order valence-corrected chi connectivity index (χ1v) is 6.03. The number of carbonyl (C=O) groups excluding carboxylic acids is 1. The van der Waals surface area contributed by atoms with Crippen molar-refractivity contribution in [2.75, 3.05) is 6.61 Å². The molecule has 94 valence electrons. The molecule has 0 aliphatic carbocycles. The van der Waals surface area contributed by atoms with E-state index < -0.39 is 17.9 Å². The zero-order chi connectivity index (χ0) is 13.1. The summed E-state index contributed by atoms with van der Waals surface area (Å²) < 4.78 is 32.3. The number of rotatable bonds is 4. The van der Waals surface area contributed by atoms with Crippen molar-refractivity contribution in [3.05, 3.63) is 33.4 Å². The first-order chi connectivity index (χ1) is 7.89. The standard InChI is InChI=1S/C11H12F2INO2/c1-2-17-10(16)11(12,13)9(15)7-4-3-5-8(14)6-7/h3-6,9H,2,15H2,1H3/t9-/m1/s1. The molecule has 3 nitrogen and oxygen atoms in total. The summed E-state index contributed by atoms with van der Waals surface area (Å²) in [5.74, 6) is -5.31. The van der Waals surface area contributed by atoms with E-state index in [1.54, 1.807) is 12.1 Å². The van der Waals surface area contributed by atoms with Crippen LogP contribution in [0.5, 0.6) is 0 Å². The average Bonchev–Trinajstić information content (AvgIpc) is 2.28. The summed E-state index contributed by atoms with van der Waals surface area (Å²) in [5.41, 5.74) is 5.62. The number of ether oxygens (including phenoxy) is 1. The summed E-state index contributed by atoms with van der Waals surface area (Å²) >= 11 is 1.98. The maximum atomic E-state index is 13.6. The Morgan fingerprint density at radius 1 is 1.59 bits per heavy atom. The Hall–Kier alpha value is -0.760. The second kappa shape index (κ2) is 5.72. The van der Waals surface area contributed by atoms with Gasteiger partial charge in [0, 0.05) is 3.57 Å². The van der Waals surface area contributed by atoms with Crippen molar-refractivity contribution >= 4 is 28.6 Å². The highest BCUT2D eigenvalue weighted by Crippen LogP contribution is 2.31. The van der Waals surface area contributed by atoms with Crippen molar-refractivity contribution in [2.24, 2.45) is 5.73 Å². The van der Waals surface area contributed by atoms with E-state index in [4.69, 9.17) is 5.73 Å². The number of hydrogen-bond acceptors (Lipinski definition) is 3. The largest absolute Gasteiger partial charge is 0.462 e. The van der Waals surface area contributed by atoms with Gasteiger partial charge in [0.05, 0.1) is 6.61 Å². The van der Waals surface area contributed by atoms with Crippen LogP contribution in [0.25, 0.3) is 0 Å². The number of alkyl halides is 2. The molecule has 0 unspecified atom stereocenters. The van der Waals surface area contributed by atoms with E-state index >= 15 is 0 Å². The monoisotopic (exact) mass is 355 g/mol.